The minimum absolute atomic E-state index is 0.134. The van der Waals surface area contributed by atoms with Gasteiger partial charge in [-0.2, -0.15) is 0 Å². The second kappa shape index (κ2) is 12.4. The van der Waals surface area contributed by atoms with Gasteiger partial charge in [0, 0.05) is 31.8 Å². The fraction of sp³-hybridized carbons (Fsp3) is 0.0714. The molecule has 9 aromatic rings. The summed E-state index contributed by atoms with van der Waals surface area (Å²) in [5.74, 6) is 0. The highest BCUT2D eigenvalue weighted by atomic mass is 32.2. The molecule has 0 bridgehead atoms. The number of para-hydroxylation sites is 1. The third-order valence-electron chi connectivity index (χ3n) is 13.1. The molecule has 1 spiro atoms. The third kappa shape index (κ3) is 4.50. The minimum atomic E-state index is -0.474. The summed E-state index contributed by atoms with van der Waals surface area (Å²) in [7, 11) is 0. The van der Waals surface area contributed by atoms with E-state index in [2.05, 4.69) is 219 Å². The Morgan fingerprint density at radius 3 is 1.69 bits per heavy atom. The average molecular weight is 758 g/mol. The Bertz CT molecular complexity index is 3090. The van der Waals surface area contributed by atoms with Gasteiger partial charge in [0.1, 0.15) is 0 Å². The molecule has 0 radical (unpaired) electrons. The van der Waals surface area contributed by atoms with Crippen molar-refractivity contribution in [2.75, 3.05) is 4.90 Å². The van der Waals surface area contributed by atoms with Crippen molar-refractivity contribution in [2.45, 2.75) is 34.5 Å². The van der Waals surface area contributed by atoms with Crippen molar-refractivity contribution in [1.82, 2.24) is 0 Å². The molecule has 274 valence electrons. The molecule has 9 aromatic carbocycles. The van der Waals surface area contributed by atoms with Crippen LogP contribution in [0.1, 0.15) is 47.2 Å². The summed E-state index contributed by atoms with van der Waals surface area (Å²) in [6.07, 6.45) is 0. The number of benzene rings is 9. The first-order chi connectivity index (χ1) is 28.5. The Morgan fingerprint density at radius 2 is 0.948 bits per heavy atom. The monoisotopic (exact) mass is 757 g/mol. The summed E-state index contributed by atoms with van der Waals surface area (Å²) in [5.41, 5.74) is 18.7. The highest BCUT2D eigenvalue weighted by Crippen LogP contribution is 2.64. The van der Waals surface area contributed by atoms with Crippen molar-refractivity contribution in [1.29, 1.82) is 0 Å². The quantitative estimate of drug-likeness (QED) is 0.176. The Kier molecular flexibility index (Phi) is 7.19. The van der Waals surface area contributed by atoms with E-state index in [1.807, 2.05) is 11.8 Å². The van der Waals surface area contributed by atoms with E-state index >= 15 is 0 Å². The maximum atomic E-state index is 2.53. The van der Waals surface area contributed by atoms with Crippen molar-refractivity contribution in [2.24, 2.45) is 0 Å². The van der Waals surface area contributed by atoms with Crippen molar-refractivity contribution in [3.63, 3.8) is 0 Å². The molecule has 0 fully saturated rings. The van der Waals surface area contributed by atoms with Crippen LogP contribution in [-0.2, 0) is 10.8 Å². The molecule has 1 nitrogen and oxygen atoms in total. The Hall–Kier alpha value is -6.61. The first-order valence-electron chi connectivity index (χ1n) is 20.3. The van der Waals surface area contributed by atoms with Gasteiger partial charge in [-0.3, -0.25) is 0 Å². The lowest BCUT2D eigenvalue weighted by Gasteiger charge is -2.41. The third-order valence-corrected chi connectivity index (χ3v) is 14.3. The summed E-state index contributed by atoms with van der Waals surface area (Å²) < 4.78 is 0. The van der Waals surface area contributed by atoms with Crippen molar-refractivity contribution < 1.29 is 0 Å². The molecule has 0 amide bonds. The molecule has 1 heterocycles. The zero-order chi connectivity index (χ0) is 38.6. The predicted octanol–water partition coefficient (Wildman–Crippen LogP) is 15.1. The van der Waals surface area contributed by atoms with Gasteiger partial charge in [0.05, 0.1) is 16.8 Å². The molecule has 3 aliphatic rings. The van der Waals surface area contributed by atoms with Crippen LogP contribution < -0.4 is 4.90 Å². The van der Waals surface area contributed by atoms with Crippen LogP contribution in [0.2, 0.25) is 0 Å². The van der Waals surface area contributed by atoms with Crippen molar-refractivity contribution in [3.05, 3.63) is 234 Å². The Morgan fingerprint density at radius 1 is 0.379 bits per heavy atom. The maximum absolute atomic E-state index is 2.53. The van der Waals surface area contributed by atoms with Gasteiger partial charge in [-0.05, 0) is 103 Å². The van der Waals surface area contributed by atoms with Crippen LogP contribution in [0.15, 0.2) is 210 Å². The van der Waals surface area contributed by atoms with Crippen LogP contribution in [0.3, 0.4) is 0 Å². The summed E-state index contributed by atoms with van der Waals surface area (Å²) in [5, 5.41) is 2.51. The lowest BCUT2D eigenvalue weighted by atomic mass is 9.66. The molecule has 2 heteroatoms. The fourth-order valence-electron chi connectivity index (χ4n) is 10.7. The van der Waals surface area contributed by atoms with Gasteiger partial charge in [-0.15, -0.1) is 0 Å². The van der Waals surface area contributed by atoms with E-state index < -0.39 is 5.41 Å². The van der Waals surface area contributed by atoms with Crippen LogP contribution in [-0.4, -0.2) is 0 Å². The highest BCUT2D eigenvalue weighted by molar-refractivity contribution is 7.99. The number of fused-ring (bicyclic) bond motifs is 14. The largest absolute Gasteiger partial charge is 0.309 e. The predicted molar refractivity (Wildman–Crippen MR) is 243 cm³/mol. The van der Waals surface area contributed by atoms with Gasteiger partial charge in [0.2, 0.25) is 0 Å². The number of hydrogen-bond donors (Lipinski definition) is 0. The van der Waals surface area contributed by atoms with Crippen LogP contribution in [0, 0.1) is 0 Å². The zero-order valence-electron chi connectivity index (χ0n) is 32.4. The summed E-state index contributed by atoms with van der Waals surface area (Å²) in [6, 6.07) is 75.0. The number of anilines is 3. The second-order valence-corrected chi connectivity index (χ2v) is 17.5. The molecule has 0 unspecified atom stereocenters. The van der Waals surface area contributed by atoms with E-state index in [4.69, 9.17) is 0 Å². The van der Waals surface area contributed by atoms with E-state index in [0.29, 0.717) is 0 Å². The second-order valence-electron chi connectivity index (χ2n) is 16.4. The van der Waals surface area contributed by atoms with E-state index in [9.17, 15) is 0 Å². The number of nitrogens with zero attached hydrogens (tertiary/aromatic N) is 1. The van der Waals surface area contributed by atoms with Crippen LogP contribution in [0.25, 0.3) is 44.2 Å². The Balaban J connectivity index is 1.17. The van der Waals surface area contributed by atoms with Gasteiger partial charge in [0.25, 0.3) is 0 Å². The van der Waals surface area contributed by atoms with E-state index in [0.717, 1.165) is 17.1 Å². The molecule has 0 N–H and O–H groups in total. The zero-order valence-corrected chi connectivity index (χ0v) is 33.2. The summed E-state index contributed by atoms with van der Waals surface area (Å²) >= 11 is 1.91. The van der Waals surface area contributed by atoms with Gasteiger partial charge in [-0.1, -0.05) is 189 Å². The molecular weight excluding hydrogens is 719 g/mol. The van der Waals surface area contributed by atoms with Gasteiger partial charge < -0.3 is 4.90 Å². The van der Waals surface area contributed by atoms with Crippen molar-refractivity contribution in [3.8, 4) is 33.4 Å². The van der Waals surface area contributed by atoms with Gasteiger partial charge >= 0.3 is 0 Å². The SMILES string of the molecule is CC1(C)c2ccccc2-c2ccc(N(c3ccccc3-c3ccccc3)c3cccc4c5c(ccc34)Sc3ccccc3C53c4ccccc4-c4ccccc43)cc21. The number of hydrogen-bond acceptors (Lipinski definition) is 2. The highest BCUT2D eigenvalue weighted by Gasteiger charge is 2.51. The first-order valence-corrected chi connectivity index (χ1v) is 21.1. The molecular formula is C56H39NS. The average Bonchev–Trinajstić information content (AvgIpc) is 3.69. The lowest BCUT2D eigenvalue weighted by Crippen LogP contribution is -2.32. The van der Waals surface area contributed by atoms with Crippen LogP contribution in [0.4, 0.5) is 17.1 Å². The first kappa shape index (κ1) is 33.5. The van der Waals surface area contributed by atoms with E-state index in [1.54, 1.807) is 0 Å². The normalized spacial score (nSPS) is 14.6. The van der Waals surface area contributed by atoms with Crippen molar-refractivity contribution >= 4 is 39.6 Å². The molecule has 0 saturated carbocycles. The minimum Gasteiger partial charge on any atom is -0.309 e. The van der Waals surface area contributed by atoms with Crippen LogP contribution in [0.5, 0.6) is 0 Å². The molecule has 0 saturated heterocycles. The van der Waals surface area contributed by atoms with Gasteiger partial charge in [-0.25, -0.2) is 0 Å². The summed E-state index contributed by atoms with van der Waals surface area (Å²) in [4.78, 5) is 5.16. The van der Waals surface area contributed by atoms with E-state index in [-0.39, 0.29) is 5.41 Å². The summed E-state index contributed by atoms with van der Waals surface area (Å²) in [6.45, 7) is 4.75. The lowest BCUT2D eigenvalue weighted by molar-refractivity contribution is 0.660. The smallest absolute Gasteiger partial charge is 0.0741 e. The van der Waals surface area contributed by atoms with E-state index in [1.165, 1.54) is 87.3 Å². The standard InChI is InChI=1S/C56H39NS/c1-55(2)45-24-10-6-20-39(45)42-32-31-37(35-49(42)55)57(50-28-14-9-19-38(50)36-17-4-3-5-18-36)51-29-16-23-44-43(51)33-34-53-54(44)56(48-27-13-15-30-52(48)58-53)46-25-11-7-21-40(46)41-22-8-12-26-47(41)56/h3-35H,1-2H3. The molecule has 12 rings (SSSR count). The molecule has 0 aromatic heterocycles. The topological polar surface area (TPSA) is 3.24 Å². The Labute approximate surface area is 344 Å². The fourth-order valence-corrected chi connectivity index (χ4v) is 11.9. The number of rotatable bonds is 4. The van der Waals surface area contributed by atoms with Crippen LogP contribution >= 0.6 is 11.8 Å². The maximum Gasteiger partial charge on any atom is 0.0741 e. The molecule has 0 atom stereocenters. The molecule has 2 aliphatic carbocycles. The molecule has 58 heavy (non-hydrogen) atoms. The van der Waals surface area contributed by atoms with Gasteiger partial charge in [0.15, 0.2) is 0 Å². The molecule has 1 aliphatic heterocycles.